The predicted molar refractivity (Wildman–Crippen MR) is 95.8 cm³/mol. The van der Waals surface area contributed by atoms with Crippen LogP contribution >= 0.6 is 12.2 Å². The van der Waals surface area contributed by atoms with Gasteiger partial charge in [0.2, 0.25) is 5.89 Å². The second-order valence-corrected chi connectivity index (χ2v) is 7.08. The van der Waals surface area contributed by atoms with E-state index in [9.17, 15) is 4.79 Å². The molecule has 8 heteroatoms. The van der Waals surface area contributed by atoms with Crippen LogP contribution in [0.1, 0.15) is 38.3 Å². The summed E-state index contributed by atoms with van der Waals surface area (Å²) in [5.41, 5.74) is 1.46. The maximum Gasteiger partial charge on any atom is 0.408 e. The molecule has 0 saturated heterocycles. The fourth-order valence-electron chi connectivity index (χ4n) is 2.56. The summed E-state index contributed by atoms with van der Waals surface area (Å²) < 4.78 is 10.7. The molecule has 0 aliphatic carbocycles. The van der Waals surface area contributed by atoms with Crippen LogP contribution in [0.5, 0.6) is 0 Å². The number of fused-ring (bicyclic) bond motifs is 1. The zero-order valence-electron chi connectivity index (χ0n) is 14.3. The van der Waals surface area contributed by atoms with Gasteiger partial charge in [0.05, 0.1) is 0 Å². The van der Waals surface area contributed by atoms with E-state index in [1.54, 1.807) is 0 Å². The Morgan fingerprint density at radius 1 is 1.40 bits per heavy atom. The van der Waals surface area contributed by atoms with Gasteiger partial charge in [-0.15, -0.1) is 5.10 Å². The summed E-state index contributed by atoms with van der Waals surface area (Å²) in [6, 6.07) is 7.44. The maximum atomic E-state index is 12.2. The van der Waals surface area contributed by atoms with Crippen molar-refractivity contribution in [3.8, 4) is 0 Å². The number of aromatic nitrogens is 3. The molecule has 1 atom stereocenters. The van der Waals surface area contributed by atoms with Crippen LogP contribution in [0.3, 0.4) is 0 Å². The van der Waals surface area contributed by atoms with Gasteiger partial charge in [-0.2, -0.15) is 0 Å². The molecular formula is C17H20N4O3S. The second kappa shape index (κ2) is 6.72. The first kappa shape index (κ1) is 17.2. The average molecular weight is 360 g/mol. The topological polar surface area (TPSA) is 95.9 Å². The molecule has 0 saturated carbocycles. The van der Waals surface area contributed by atoms with Crippen molar-refractivity contribution in [2.45, 2.75) is 38.8 Å². The van der Waals surface area contributed by atoms with Crippen molar-refractivity contribution in [1.82, 2.24) is 20.5 Å². The Morgan fingerprint density at radius 2 is 2.16 bits per heavy atom. The molecule has 1 amide bonds. The van der Waals surface area contributed by atoms with Crippen LogP contribution in [0, 0.1) is 4.84 Å². The van der Waals surface area contributed by atoms with Gasteiger partial charge in [0.1, 0.15) is 11.6 Å². The monoisotopic (exact) mass is 360 g/mol. The number of nitrogens with zero attached hydrogens (tertiary/aromatic N) is 1. The third-order valence-electron chi connectivity index (χ3n) is 3.54. The number of carbonyl (C=O) groups is 1. The average Bonchev–Trinajstić information content (AvgIpc) is 3.12. The van der Waals surface area contributed by atoms with E-state index < -0.39 is 17.7 Å². The number of H-pyrrole nitrogens is 2. The summed E-state index contributed by atoms with van der Waals surface area (Å²) in [5, 5.41) is 10.5. The van der Waals surface area contributed by atoms with Crippen LogP contribution in [0.4, 0.5) is 4.79 Å². The highest BCUT2D eigenvalue weighted by Gasteiger charge is 2.25. The SMILES string of the molecule is CC(C)(C)OC(=O)N[C@@H](Cc1c[nH]c2ccccc12)c1n[nH]c(=S)o1. The predicted octanol–water partition coefficient (Wildman–Crippen LogP) is 4.02. The first-order valence-corrected chi connectivity index (χ1v) is 8.32. The Balaban J connectivity index is 1.86. The van der Waals surface area contributed by atoms with Crippen LogP contribution < -0.4 is 5.32 Å². The number of para-hydroxylation sites is 1. The molecule has 3 rings (SSSR count). The normalized spacial score (nSPS) is 12.9. The van der Waals surface area contributed by atoms with Crippen LogP contribution in [-0.2, 0) is 11.2 Å². The minimum atomic E-state index is -0.596. The molecule has 3 N–H and O–H groups in total. The molecule has 0 spiro atoms. The number of benzene rings is 1. The van der Waals surface area contributed by atoms with Crippen molar-refractivity contribution < 1.29 is 13.9 Å². The molecule has 0 unspecified atom stereocenters. The Kier molecular flexibility index (Phi) is 4.63. The van der Waals surface area contributed by atoms with Crippen LogP contribution in [0.15, 0.2) is 34.9 Å². The van der Waals surface area contributed by atoms with Crippen LogP contribution in [0.2, 0.25) is 0 Å². The Labute approximate surface area is 149 Å². The van der Waals surface area contributed by atoms with Gasteiger partial charge in [-0.05, 0) is 44.6 Å². The van der Waals surface area contributed by atoms with Crippen molar-refractivity contribution in [2.24, 2.45) is 0 Å². The molecule has 0 aliphatic heterocycles. The smallest absolute Gasteiger partial charge is 0.408 e. The molecule has 3 aromatic rings. The zero-order chi connectivity index (χ0) is 18.0. The number of aromatic amines is 2. The summed E-state index contributed by atoms with van der Waals surface area (Å²) in [4.78, 5) is 15.6. The standard InChI is InChI=1S/C17H20N4O3S/c1-17(2,3)24-15(22)19-13(14-20-21-16(25)23-14)8-10-9-18-12-7-5-4-6-11(10)12/h4-7,9,13,18H,8H2,1-3H3,(H,19,22)(H,21,25)/t13-/m0/s1. The third-order valence-corrected chi connectivity index (χ3v) is 3.72. The van der Waals surface area contributed by atoms with Crippen LogP contribution in [-0.4, -0.2) is 26.9 Å². The molecule has 2 heterocycles. The Bertz CT molecular complexity index is 935. The van der Waals surface area contributed by atoms with Crippen molar-refractivity contribution in [1.29, 1.82) is 0 Å². The molecule has 132 valence electrons. The van der Waals surface area contributed by atoms with Crippen molar-refractivity contribution >= 4 is 29.2 Å². The first-order chi connectivity index (χ1) is 11.8. The number of ether oxygens (including phenoxy) is 1. The summed E-state index contributed by atoms with van der Waals surface area (Å²) >= 11 is 4.94. The summed E-state index contributed by atoms with van der Waals surface area (Å²) in [6.07, 6.45) is 1.85. The van der Waals surface area contributed by atoms with E-state index in [1.165, 1.54) is 0 Å². The maximum absolute atomic E-state index is 12.2. The van der Waals surface area contributed by atoms with E-state index in [4.69, 9.17) is 21.4 Å². The number of rotatable bonds is 4. The molecule has 0 radical (unpaired) electrons. The molecule has 0 aliphatic rings. The minimum absolute atomic E-state index is 0.157. The van der Waals surface area contributed by atoms with Crippen LogP contribution in [0.25, 0.3) is 10.9 Å². The lowest BCUT2D eigenvalue weighted by molar-refractivity contribution is 0.0495. The molecule has 2 aromatic heterocycles. The number of hydrogen-bond acceptors (Lipinski definition) is 5. The highest BCUT2D eigenvalue weighted by molar-refractivity contribution is 7.71. The molecule has 0 fully saturated rings. The van der Waals surface area contributed by atoms with Gasteiger partial charge in [-0.25, -0.2) is 9.89 Å². The quantitative estimate of drug-likeness (QED) is 0.611. The molecule has 0 bridgehead atoms. The molecule has 1 aromatic carbocycles. The third kappa shape index (κ3) is 4.27. The summed E-state index contributed by atoms with van der Waals surface area (Å²) in [5.74, 6) is 0.307. The number of amides is 1. The zero-order valence-corrected chi connectivity index (χ0v) is 15.1. The lowest BCUT2D eigenvalue weighted by Gasteiger charge is -2.22. The lowest BCUT2D eigenvalue weighted by atomic mass is 10.1. The number of alkyl carbamates (subject to hydrolysis) is 1. The first-order valence-electron chi connectivity index (χ1n) is 7.92. The van der Waals surface area contributed by atoms with E-state index in [0.717, 1.165) is 16.5 Å². The second-order valence-electron chi connectivity index (χ2n) is 6.71. The number of hydrogen-bond donors (Lipinski definition) is 3. The van der Waals surface area contributed by atoms with E-state index in [1.807, 2.05) is 51.2 Å². The fourth-order valence-corrected chi connectivity index (χ4v) is 2.69. The molecule has 7 nitrogen and oxygen atoms in total. The van der Waals surface area contributed by atoms with E-state index >= 15 is 0 Å². The fraction of sp³-hybridized carbons (Fsp3) is 0.353. The van der Waals surface area contributed by atoms with E-state index in [-0.39, 0.29) is 4.84 Å². The summed E-state index contributed by atoms with van der Waals surface area (Å²) in [7, 11) is 0. The van der Waals surface area contributed by atoms with Gasteiger partial charge in [0.25, 0.3) is 4.84 Å². The van der Waals surface area contributed by atoms with E-state index in [2.05, 4.69) is 20.5 Å². The lowest BCUT2D eigenvalue weighted by Crippen LogP contribution is -2.36. The van der Waals surface area contributed by atoms with Gasteiger partial charge < -0.3 is 19.5 Å². The van der Waals surface area contributed by atoms with Crippen molar-refractivity contribution in [3.05, 3.63) is 46.8 Å². The van der Waals surface area contributed by atoms with Crippen molar-refractivity contribution in [3.63, 3.8) is 0 Å². The summed E-state index contributed by atoms with van der Waals surface area (Å²) in [6.45, 7) is 5.42. The highest BCUT2D eigenvalue weighted by Crippen LogP contribution is 2.24. The van der Waals surface area contributed by atoms with Gasteiger partial charge in [0, 0.05) is 23.5 Å². The molecule has 25 heavy (non-hydrogen) atoms. The highest BCUT2D eigenvalue weighted by atomic mass is 32.1. The largest absolute Gasteiger partial charge is 0.444 e. The van der Waals surface area contributed by atoms with Crippen molar-refractivity contribution in [2.75, 3.05) is 0 Å². The minimum Gasteiger partial charge on any atom is -0.444 e. The number of carbonyl (C=O) groups excluding carboxylic acids is 1. The van der Waals surface area contributed by atoms with Gasteiger partial charge in [-0.1, -0.05) is 18.2 Å². The van der Waals surface area contributed by atoms with Gasteiger partial charge >= 0.3 is 6.09 Å². The van der Waals surface area contributed by atoms with E-state index in [0.29, 0.717) is 12.3 Å². The van der Waals surface area contributed by atoms with Gasteiger partial charge in [0.15, 0.2) is 0 Å². The number of nitrogens with one attached hydrogen (secondary N) is 3. The van der Waals surface area contributed by atoms with Gasteiger partial charge in [-0.3, -0.25) is 0 Å². The Hall–Kier alpha value is -2.61. The Morgan fingerprint density at radius 3 is 2.84 bits per heavy atom. The molecular weight excluding hydrogens is 340 g/mol.